The first-order valence-corrected chi connectivity index (χ1v) is 7.59. The molecule has 0 unspecified atom stereocenters. The summed E-state index contributed by atoms with van der Waals surface area (Å²) < 4.78 is 16.7. The highest BCUT2D eigenvalue weighted by molar-refractivity contribution is 9.10. The van der Waals surface area contributed by atoms with E-state index in [9.17, 15) is 0 Å². The number of hydrogen-bond donors (Lipinski definition) is 1. The lowest BCUT2D eigenvalue weighted by Gasteiger charge is -2.06. The molecule has 0 atom stereocenters. The summed E-state index contributed by atoms with van der Waals surface area (Å²) in [4.78, 5) is 1.32. The van der Waals surface area contributed by atoms with Crippen molar-refractivity contribution in [2.75, 3.05) is 46.7 Å². The number of halogens is 1. The normalized spacial score (nSPS) is 11.0. The van der Waals surface area contributed by atoms with Crippen LogP contribution in [-0.2, 0) is 20.8 Å². The third-order valence-electron chi connectivity index (χ3n) is 2.20. The Labute approximate surface area is 121 Å². The average Bonchev–Trinajstić information content (AvgIpc) is 2.77. The van der Waals surface area contributed by atoms with E-state index in [0.29, 0.717) is 33.0 Å². The zero-order valence-corrected chi connectivity index (χ0v) is 13.0. The quantitative estimate of drug-likeness (QED) is 0.629. The second-order valence-corrected chi connectivity index (χ2v) is 5.44. The van der Waals surface area contributed by atoms with Gasteiger partial charge in [-0.25, -0.2) is 0 Å². The molecule has 0 aliphatic carbocycles. The Balaban J connectivity index is 1.83. The Hall–Kier alpha value is 0.0200. The van der Waals surface area contributed by atoms with E-state index >= 15 is 0 Å². The van der Waals surface area contributed by atoms with Crippen LogP contribution in [0.3, 0.4) is 0 Å². The van der Waals surface area contributed by atoms with Gasteiger partial charge in [-0.1, -0.05) is 0 Å². The van der Waals surface area contributed by atoms with Gasteiger partial charge in [-0.3, -0.25) is 0 Å². The van der Waals surface area contributed by atoms with Crippen LogP contribution in [0, 0.1) is 0 Å². The molecule has 0 saturated heterocycles. The molecule has 4 nitrogen and oxygen atoms in total. The highest BCUT2D eigenvalue weighted by Gasteiger charge is 1.99. The Morgan fingerprint density at radius 3 is 2.56 bits per heavy atom. The maximum absolute atomic E-state index is 5.43. The Morgan fingerprint density at radius 1 is 1.17 bits per heavy atom. The van der Waals surface area contributed by atoms with Gasteiger partial charge in [-0.2, -0.15) is 0 Å². The molecule has 1 heterocycles. The van der Waals surface area contributed by atoms with Crippen LogP contribution in [-0.4, -0.2) is 46.7 Å². The number of rotatable bonds is 11. The van der Waals surface area contributed by atoms with Gasteiger partial charge in [0.15, 0.2) is 0 Å². The summed E-state index contributed by atoms with van der Waals surface area (Å²) >= 11 is 5.25. The van der Waals surface area contributed by atoms with Gasteiger partial charge in [-0.05, 0) is 27.4 Å². The fourth-order valence-electron chi connectivity index (χ4n) is 1.26. The van der Waals surface area contributed by atoms with E-state index in [-0.39, 0.29) is 0 Å². The van der Waals surface area contributed by atoms with Gasteiger partial charge in [0.25, 0.3) is 0 Å². The summed E-state index contributed by atoms with van der Waals surface area (Å²) in [7, 11) is 1.66. The van der Waals surface area contributed by atoms with Gasteiger partial charge >= 0.3 is 0 Å². The third kappa shape index (κ3) is 7.45. The molecule has 1 rings (SSSR count). The molecule has 1 aromatic heterocycles. The van der Waals surface area contributed by atoms with E-state index in [4.69, 9.17) is 14.2 Å². The molecular weight excluding hydrogens is 318 g/mol. The summed E-state index contributed by atoms with van der Waals surface area (Å²) in [5.41, 5.74) is 0. The Morgan fingerprint density at radius 2 is 1.89 bits per heavy atom. The monoisotopic (exact) mass is 337 g/mol. The predicted octanol–water partition coefficient (Wildman–Crippen LogP) is 2.28. The summed E-state index contributed by atoms with van der Waals surface area (Å²) in [6, 6.07) is 2.07. The largest absolute Gasteiger partial charge is 0.382 e. The minimum absolute atomic E-state index is 0.625. The maximum atomic E-state index is 5.43. The molecule has 0 radical (unpaired) electrons. The number of methoxy groups -OCH3 is 1. The summed E-state index contributed by atoms with van der Waals surface area (Å²) in [5, 5.41) is 5.41. The van der Waals surface area contributed by atoms with Crippen molar-refractivity contribution in [3.8, 4) is 0 Å². The highest BCUT2D eigenvalue weighted by atomic mass is 79.9. The number of thiophene rings is 1. The number of hydrogen-bond acceptors (Lipinski definition) is 5. The molecule has 0 fully saturated rings. The van der Waals surface area contributed by atoms with Gasteiger partial charge in [0, 0.05) is 29.5 Å². The molecule has 18 heavy (non-hydrogen) atoms. The van der Waals surface area contributed by atoms with E-state index < -0.39 is 0 Å². The van der Waals surface area contributed by atoms with Crippen molar-refractivity contribution in [2.45, 2.75) is 6.54 Å². The lowest BCUT2D eigenvalue weighted by molar-refractivity contribution is 0.0255. The van der Waals surface area contributed by atoms with Crippen molar-refractivity contribution in [3.05, 3.63) is 20.8 Å². The van der Waals surface area contributed by atoms with E-state index in [1.807, 2.05) is 0 Å². The van der Waals surface area contributed by atoms with Crippen molar-refractivity contribution in [1.82, 2.24) is 5.32 Å². The van der Waals surface area contributed by atoms with Crippen LogP contribution in [0.5, 0.6) is 0 Å². The van der Waals surface area contributed by atoms with Crippen LogP contribution in [0.1, 0.15) is 4.88 Å². The second kappa shape index (κ2) is 10.9. The first-order valence-electron chi connectivity index (χ1n) is 5.91. The van der Waals surface area contributed by atoms with E-state index in [1.54, 1.807) is 18.4 Å². The molecule has 0 saturated carbocycles. The van der Waals surface area contributed by atoms with E-state index in [1.165, 1.54) is 9.35 Å². The van der Waals surface area contributed by atoms with Crippen molar-refractivity contribution in [2.24, 2.45) is 0 Å². The minimum atomic E-state index is 0.625. The van der Waals surface area contributed by atoms with Gasteiger partial charge in [-0.15, -0.1) is 11.3 Å². The molecule has 1 N–H and O–H groups in total. The zero-order valence-electron chi connectivity index (χ0n) is 10.6. The molecule has 0 aromatic carbocycles. The first kappa shape index (κ1) is 16.1. The average molecular weight is 338 g/mol. The molecule has 6 heteroatoms. The standard InChI is InChI=1S/C12H20BrNO3S/c1-15-5-6-17-8-7-16-4-3-14-10-12-11(13)2-9-18-12/h2,9,14H,3-8,10H2,1H3. The van der Waals surface area contributed by atoms with Crippen LogP contribution in [0.4, 0.5) is 0 Å². The summed E-state index contributed by atoms with van der Waals surface area (Å²) in [6.07, 6.45) is 0. The van der Waals surface area contributed by atoms with Crippen LogP contribution in [0.2, 0.25) is 0 Å². The summed E-state index contributed by atoms with van der Waals surface area (Å²) in [6.45, 7) is 4.96. The van der Waals surface area contributed by atoms with E-state index in [0.717, 1.165) is 13.1 Å². The lowest BCUT2D eigenvalue weighted by atomic mass is 10.4. The van der Waals surface area contributed by atoms with Crippen LogP contribution in [0.25, 0.3) is 0 Å². The first-order chi connectivity index (χ1) is 8.84. The van der Waals surface area contributed by atoms with Crippen molar-refractivity contribution >= 4 is 27.3 Å². The van der Waals surface area contributed by atoms with Gasteiger partial charge in [0.05, 0.1) is 33.0 Å². The van der Waals surface area contributed by atoms with Gasteiger partial charge < -0.3 is 19.5 Å². The molecule has 0 aliphatic heterocycles. The molecular formula is C12H20BrNO3S. The molecule has 0 bridgehead atoms. The molecule has 1 aromatic rings. The zero-order chi connectivity index (χ0) is 13.1. The molecule has 0 aliphatic rings. The predicted molar refractivity (Wildman–Crippen MR) is 77.2 cm³/mol. The van der Waals surface area contributed by atoms with Crippen LogP contribution < -0.4 is 5.32 Å². The highest BCUT2D eigenvalue weighted by Crippen LogP contribution is 2.21. The Bertz CT molecular complexity index is 309. The maximum Gasteiger partial charge on any atom is 0.0701 e. The minimum Gasteiger partial charge on any atom is -0.382 e. The number of nitrogens with one attached hydrogen (secondary N) is 1. The van der Waals surface area contributed by atoms with Crippen molar-refractivity contribution < 1.29 is 14.2 Å². The van der Waals surface area contributed by atoms with E-state index in [2.05, 4.69) is 32.7 Å². The topological polar surface area (TPSA) is 39.7 Å². The fourth-order valence-corrected chi connectivity index (χ4v) is 2.72. The molecule has 0 amide bonds. The molecule has 0 spiro atoms. The second-order valence-electron chi connectivity index (χ2n) is 3.59. The number of ether oxygens (including phenoxy) is 3. The van der Waals surface area contributed by atoms with Crippen molar-refractivity contribution in [1.29, 1.82) is 0 Å². The SMILES string of the molecule is COCCOCCOCCNCc1sccc1Br. The van der Waals surface area contributed by atoms with Crippen LogP contribution >= 0.6 is 27.3 Å². The lowest BCUT2D eigenvalue weighted by Crippen LogP contribution is -2.20. The van der Waals surface area contributed by atoms with Crippen LogP contribution in [0.15, 0.2) is 15.9 Å². The smallest absolute Gasteiger partial charge is 0.0701 e. The van der Waals surface area contributed by atoms with Gasteiger partial charge in [0.2, 0.25) is 0 Å². The fraction of sp³-hybridized carbons (Fsp3) is 0.667. The molecule has 104 valence electrons. The third-order valence-corrected chi connectivity index (χ3v) is 4.13. The van der Waals surface area contributed by atoms with Crippen molar-refractivity contribution in [3.63, 3.8) is 0 Å². The van der Waals surface area contributed by atoms with Gasteiger partial charge in [0.1, 0.15) is 0 Å². The Kier molecular flexibility index (Phi) is 9.73. The summed E-state index contributed by atoms with van der Waals surface area (Å²) in [5.74, 6) is 0.